The molecule has 1 fully saturated rings. The number of rotatable bonds is 3. The zero-order chi connectivity index (χ0) is 13.2. The lowest BCUT2D eigenvalue weighted by Gasteiger charge is -2.22. The highest BCUT2D eigenvalue weighted by Gasteiger charge is 2.30. The summed E-state index contributed by atoms with van der Waals surface area (Å²) in [6, 6.07) is 4.69. The van der Waals surface area contributed by atoms with Crippen molar-refractivity contribution in [3.63, 3.8) is 0 Å². The maximum absolute atomic E-state index is 13.6. The number of amides is 1. The van der Waals surface area contributed by atoms with Gasteiger partial charge in [-0.15, -0.1) is 0 Å². The van der Waals surface area contributed by atoms with Crippen LogP contribution in [0.3, 0.4) is 0 Å². The highest BCUT2D eigenvalue weighted by molar-refractivity contribution is 8.00. The molecule has 0 bridgehead atoms. The van der Waals surface area contributed by atoms with Crippen molar-refractivity contribution in [1.29, 1.82) is 0 Å². The molecule has 2 rings (SSSR count). The molecule has 1 N–H and O–H groups in total. The van der Waals surface area contributed by atoms with Crippen LogP contribution in [-0.2, 0) is 0 Å². The number of benzene rings is 1. The molecule has 4 heteroatoms. The van der Waals surface area contributed by atoms with E-state index in [1.165, 1.54) is 12.5 Å². The van der Waals surface area contributed by atoms with E-state index in [2.05, 4.69) is 12.2 Å². The Labute approximate surface area is 111 Å². The van der Waals surface area contributed by atoms with Gasteiger partial charge in [-0.2, -0.15) is 11.8 Å². The average molecular weight is 267 g/mol. The molecule has 1 aromatic rings. The van der Waals surface area contributed by atoms with Gasteiger partial charge in [-0.1, -0.05) is 6.07 Å². The Bertz CT molecular complexity index is 455. The fourth-order valence-electron chi connectivity index (χ4n) is 2.14. The van der Waals surface area contributed by atoms with Gasteiger partial charge in [0.2, 0.25) is 0 Å². The van der Waals surface area contributed by atoms with Crippen LogP contribution in [0.15, 0.2) is 18.2 Å². The van der Waals surface area contributed by atoms with Gasteiger partial charge in [0.25, 0.3) is 5.91 Å². The molecule has 1 aliphatic heterocycles. The van der Waals surface area contributed by atoms with E-state index in [4.69, 9.17) is 0 Å². The average Bonchev–Trinajstić information content (AvgIpc) is 2.74. The maximum Gasteiger partial charge on any atom is 0.254 e. The summed E-state index contributed by atoms with van der Waals surface area (Å²) in [4.78, 5) is 11.9. The van der Waals surface area contributed by atoms with Gasteiger partial charge in [-0.25, -0.2) is 4.39 Å². The lowest BCUT2D eigenvalue weighted by molar-refractivity contribution is 0.0946. The van der Waals surface area contributed by atoms with Crippen LogP contribution in [0.2, 0.25) is 0 Å². The van der Waals surface area contributed by atoms with Gasteiger partial charge in [-0.05, 0) is 50.1 Å². The van der Waals surface area contributed by atoms with Crippen LogP contribution in [0.4, 0.5) is 4.39 Å². The second-order valence-electron chi connectivity index (χ2n) is 5.07. The minimum Gasteiger partial charge on any atom is -0.351 e. The summed E-state index contributed by atoms with van der Waals surface area (Å²) in [6.45, 7) is 4.56. The molecule has 1 unspecified atom stereocenters. The highest BCUT2D eigenvalue weighted by atomic mass is 32.2. The lowest BCUT2D eigenvalue weighted by Crippen LogP contribution is -2.37. The molecule has 0 aromatic heterocycles. The molecule has 0 saturated carbocycles. The molecular formula is C14H18FNOS. The maximum atomic E-state index is 13.6. The van der Waals surface area contributed by atoms with Gasteiger partial charge >= 0.3 is 0 Å². The minimum absolute atomic E-state index is 0.108. The Morgan fingerprint density at radius 1 is 1.56 bits per heavy atom. The van der Waals surface area contributed by atoms with Gasteiger partial charge < -0.3 is 5.32 Å². The molecule has 0 spiro atoms. The third-order valence-electron chi connectivity index (χ3n) is 3.29. The van der Waals surface area contributed by atoms with E-state index in [1.807, 2.05) is 11.8 Å². The van der Waals surface area contributed by atoms with Crippen molar-refractivity contribution in [2.24, 2.45) is 0 Å². The number of halogens is 1. The number of carbonyl (C=O) groups excluding carboxylic acids is 1. The second-order valence-corrected chi connectivity index (χ2v) is 6.75. The first-order valence-electron chi connectivity index (χ1n) is 6.18. The number of aryl methyl sites for hydroxylation is 1. The van der Waals surface area contributed by atoms with Crippen LogP contribution in [-0.4, -0.2) is 23.0 Å². The molecule has 1 amide bonds. The normalized spacial score (nSPS) is 23.1. The van der Waals surface area contributed by atoms with Crippen molar-refractivity contribution in [3.05, 3.63) is 35.1 Å². The SMILES string of the molecule is Cc1ccc(C(=O)NCC2(C)CCCS2)c(F)c1. The predicted molar refractivity (Wildman–Crippen MR) is 73.6 cm³/mol. The molecule has 18 heavy (non-hydrogen) atoms. The van der Waals surface area contributed by atoms with Gasteiger partial charge in [0, 0.05) is 11.3 Å². The third kappa shape index (κ3) is 3.05. The molecule has 2 nitrogen and oxygen atoms in total. The van der Waals surface area contributed by atoms with E-state index in [0.29, 0.717) is 6.54 Å². The standard InChI is InChI=1S/C14H18FNOS/c1-10-4-5-11(12(15)8-10)13(17)16-9-14(2)6-3-7-18-14/h4-5,8H,3,6-7,9H2,1-2H3,(H,16,17). The summed E-state index contributed by atoms with van der Waals surface area (Å²) in [7, 11) is 0. The fourth-order valence-corrected chi connectivity index (χ4v) is 3.39. The predicted octanol–water partition coefficient (Wildman–Crippen LogP) is 3.15. The van der Waals surface area contributed by atoms with E-state index in [1.54, 1.807) is 19.1 Å². The number of hydrogen-bond acceptors (Lipinski definition) is 2. The quantitative estimate of drug-likeness (QED) is 0.911. The fraction of sp³-hybridized carbons (Fsp3) is 0.500. The van der Waals surface area contributed by atoms with E-state index in [0.717, 1.165) is 17.7 Å². The summed E-state index contributed by atoms with van der Waals surface area (Å²) in [6.07, 6.45) is 2.30. The van der Waals surface area contributed by atoms with Crippen LogP contribution < -0.4 is 5.32 Å². The number of thioether (sulfide) groups is 1. The smallest absolute Gasteiger partial charge is 0.254 e. The van der Waals surface area contributed by atoms with Gasteiger partial charge in [0.1, 0.15) is 5.82 Å². The Morgan fingerprint density at radius 2 is 2.33 bits per heavy atom. The summed E-state index contributed by atoms with van der Waals surface area (Å²) in [5.41, 5.74) is 0.953. The summed E-state index contributed by atoms with van der Waals surface area (Å²) in [5, 5.41) is 2.84. The van der Waals surface area contributed by atoms with Gasteiger partial charge in [0.05, 0.1) is 5.56 Å². The molecule has 1 heterocycles. The largest absolute Gasteiger partial charge is 0.351 e. The van der Waals surface area contributed by atoms with Crippen LogP contribution in [0, 0.1) is 12.7 Å². The first-order chi connectivity index (χ1) is 8.50. The topological polar surface area (TPSA) is 29.1 Å². The highest BCUT2D eigenvalue weighted by Crippen LogP contribution is 2.36. The number of hydrogen-bond donors (Lipinski definition) is 1. The second kappa shape index (κ2) is 5.31. The molecule has 1 saturated heterocycles. The van der Waals surface area contributed by atoms with Crippen molar-refractivity contribution >= 4 is 17.7 Å². The van der Waals surface area contributed by atoms with E-state index < -0.39 is 5.82 Å². The molecule has 0 radical (unpaired) electrons. The van der Waals surface area contributed by atoms with Crippen LogP contribution >= 0.6 is 11.8 Å². The lowest BCUT2D eigenvalue weighted by atomic mass is 10.1. The first kappa shape index (κ1) is 13.4. The van der Waals surface area contributed by atoms with Gasteiger partial charge in [0.15, 0.2) is 0 Å². The Balaban J connectivity index is 1.99. The van der Waals surface area contributed by atoms with Crippen molar-refractivity contribution in [1.82, 2.24) is 5.32 Å². The molecule has 98 valence electrons. The van der Waals surface area contributed by atoms with Gasteiger partial charge in [-0.3, -0.25) is 4.79 Å². The zero-order valence-electron chi connectivity index (χ0n) is 10.8. The summed E-state index contributed by atoms with van der Waals surface area (Å²) in [5.74, 6) is 0.378. The van der Waals surface area contributed by atoms with Crippen molar-refractivity contribution < 1.29 is 9.18 Å². The van der Waals surface area contributed by atoms with Crippen LogP contribution in [0.25, 0.3) is 0 Å². The number of nitrogens with one attached hydrogen (secondary N) is 1. The zero-order valence-corrected chi connectivity index (χ0v) is 11.6. The summed E-state index contributed by atoms with van der Waals surface area (Å²) < 4.78 is 13.7. The first-order valence-corrected chi connectivity index (χ1v) is 7.17. The molecule has 1 aliphatic rings. The molecule has 0 aliphatic carbocycles. The Hall–Kier alpha value is -1.03. The number of carbonyl (C=O) groups is 1. The van der Waals surface area contributed by atoms with Crippen LogP contribution in [0.1, 0.15) is 35.7 Å². The summed E-state index contributed by atoms with van der Waals surface area (Å²) >= 11 is 1.88. The van der Waals surface area contributed by atoms with Crippen molar-refractivity contribution in [2.75, 3.05) is 12.3 Å². The minimum atomic E-state index is -0.447. The Kier molecular flexibility index (Phi) is 3.95. The van der Waals surface area contributed by atoms with Crippen molar-refractivity contribution in [2.45, 2.75) is 31.4 Å². The van der Waals surface area contributed by atoms with Crippen LogP contribution in [0.5, 0.6) is 0 Å². The molecule has 1 atom stereocenters. The molecular weight excluding hydrogens is 249 g/mol. The monoisotopic (exact) mass is 267 g/mol. The van der Waals surface area contributed by atoms with Crippen molar-refractivity contribution in [3.8, 4) is 0 Å². The van der Waals surface area contributed by atoms with E-state index in [-0.39, 0.29) is 16.2 Å². The third-order valence-corrected chi connectivity index (χ3v) is 4.83. The van der Waals surface area contributed by atoms with E-state index >= 15 is 0 Å². The van der Waals surface area contributed by atoms with E-state index in [9.17, 15) is 9.18 Å². The molecule has 1 aromatic carbocycles. The Morgan fingerprint density at radius 3 is 2.94 bits per heavy atom.